The maximum atomic E-state index is 13.9. The van der Waals surface area contributed by atoms with Crippen molar-refractivity contribution in [1.29, 1.82) is 0 Å². The van der Waals surface area contributed by atoms with E-state index in [2.05, 4.69) is 29.3 Å². The molecule has 3 aromatic rings. The third-order valence-electron chi connectivity index (χ3n) is 6.20. The minimum Gasteiger partial charge on any atom is -0.476 e. The monoisotopic (exact) mass is 626 g/mol. The molecule has 1 aromatic carbocycles. The number of esters is 1. The summed E-state index contributed by atoms with van der Waals surface area (Å²) in [6.07, 6.45) is -0.0496. The van der Waals surface area contributed by atoms with Crippen LogP contribution in [0.25, 0.3) is 11.2 Å². The number of benzene rings is 1. The van der Waals surface area contributed by atoms with E-state index in [0.717, 1.165) is 0 Å². The van der Waals surface area contributed by atoms with E-state index in [1.165, 1.54) is 6.92 Å². The SMILES string of the molecule is CCOc1nc(N)nc2c1ncn2[C@@H]1OC(COP(=O)(N[C@@H](C)C(=O)OC(C)C)Oc2ccccc2)[C@@H](S)[C@@]1(C)P. The summed E-state index contributed by atoms with van der Waals surface area (Å²) in [4.78, 5) is 25.4. The average molecular weight is 627 g/mol. The number of nitrogens with two attached hydrogens (primary N) is 1. The number of para-hydroxylation sites is 1. The number of carbonyl (C=O) groups is 1. The highest BCUT2D eigenvalue weighted by Gasteiger charge is 2.51. The fourth-order valence-electron chi connectivity index (χ4n) is 4.25. The Kier molecular flexibility index (Phi) is 9.83. The van der Waals surface area contributed by atoms with Crippen molar-refractivity contribution in [2.45, 2.75) is 69.5 Å². The lowest BCUT2D eigenvalue weighted by Crippen LogP contribution is -2.38. The molecule has 224 valence electrons. The maximum absolute atomic E-state index is 13.9. The first-order valence-corrected chi connectivity index (χ1v) is 15.7. The number of fused-ring (bicyclic) bond motifs is 1. The molecule has 2 aromatic heterocycles. The Balaban J connectivity index is 1.56. The minimum absolute atomic E-state index is 0.0312. The van der Waals surface area contributed by atoms with Gasteiger partial charge in [-0.05, 0) is 39.8 Å². The number of nitrogen functional groups attached to an aromatic ring is 1. The van der Waals surface area contributed by atoms with Gasteiger partial charge < -0.3 is 24.5 Å². The highest BCUT2D eigenvalue weighted by molar-refractivity contribution is 7.81. The standard InChI is InChI=1S/C25H36N6O7P2S/c1-6-34-21-18-20(28-24(26)29-21)31(13-27-18)23-25(5,39)19(41)17(37-23)12-35-40(33,38-16-10-8-7-9-11-16)30-15(4)22(32)36-14(2)3/h7-11,13-15,17,19,23,41H,6,12,39H2,1-5H3,(H,30,33)(H2,26,28,29)/t15-,17?,19+,23+,25+,40?/m0/s1. The lowest BCUT2D eigenvalue weighted by molar-refractivity contribution is -0.149. The molecule has 4 rings (SSSR count). The molecule has 1 aliphatic rings. The van der Waals surface area contributed by atoms with E-state index < -0.39 is 42.5 Å². The van der Waals surface area contributed by atoms with Gasteiger partial charge in [-0.25, -0.2) is 9.55 Å². The summed E-state index contributed by atoms with van der Waals surface area (Å²) in [6, 6.07) is 7.53. The fourth-order valence-corrected chi connectivity index (χ4v) is 6.49. The Bertz CT molecular complexity index is 1410. The van der Waals surface area contributed by atoms with Crippen LogP contribution in [0.2, 0.25) is 0 Å². The van der Waals surface area contributed by atoms with E-state index in [1.807, 2.05) is 13.8 Å². The van der Waals surface area contributed by atoms with Crippen molar-refractivity contribution in [3.8, 4) is 11.6 Å². The van der Waals surface area contributed by atoms with Gasteiger partial charge in [-0.1, -0.05) is 25.1 Å². The van der Waals surface area contributed by atoms with Gasteiger partial charge in [-0.15, -0.1) is 9.24 Å². The van der Waals surface area contributed by atoms with Crippen LogP contribution < -0.4 is 20.1 Å². The number of rotatable bonds is 12. The van der Waals surface area contributed by atoms with Crippen molar-refractivity contribution in [1.82, 2.24) is 24.6 Å². The molecule has 0 spiro atoms. The zero-order valence-electron chi connectivity index (χ0n) is 23.5. The molecule has 3 heterocycles. The number of aromatic nitrogens is 4. The van der Waals surface area contributed by atoms with Gasteiger partial charge >= 0.3 is 13.7 Å². The number of imidazole rings is 1. The molecule has 0 radical (unpaired) electrons. The molecular formula is C25H36N6O7P2S. The summed E-state index contributed by atoms with van der Waals surface area (Å²) < 4.78 is 44.5. The minimum atomic E-state index is -4.10. The molecule has 0 saturated carbocycles. The molecule has 1 aliphatic heterocycles. The van der Waals surface area contributed by atoms with Crippen molar-refractivity contribution < 1.29 is 32.6 Å². The first kappa shape index (κ1) is 31.5. The van der Waals surface area contributed by atoms with E-state index in [-0.39, 0.29) is 24.5 Å². The molecule has 0 aliphatic carbocycles. The van der Waals surface area contributed by atoms with Crippen molar-refractivity contribution in [3.05, 3.63) is 36.7 Å². The summed E-state index contributed by atoms with van der Waals surface area (Å²) in [5.41, 5.74) is 6.81. The Labute approximate surface area is 246 Å². The van der Waals surface area contributed by atoms with Gasteiger partial charge in [0.1, 0.15) is 18.0 Å². The van der Waals surface area contributed by atoms with Crippen LogP contribution in [0.1, 0.15) is 40.8 Å². The second-order valence-corrected chi connectivity index (χ2v) is 13.5. The Morgan fingerprint density at radius 2 is 2.00 bits per heavy atom. The Hall–Kier alpha value is -2.47. The molecule has 1 fully saturated rings. The largest absolute Gasteiger partial charge is 0.476 e. The van der Waals surface area contributed by atoms with E-state index >= 15 is 0 Å². The number of hydrogen-bond donors (Lipinski definition) is 3. The molecule has 1 saturated heterocycles. The van der Waals surface area contributed by atoms with Crippen molar-refractivity contribution >= 4 is 52.7 Å². The van der Waals surface area contributed by atoms with Crippen molar-refractivity contribution in [3.63, 3.8) is 0 Å². The molecule has 3 N–H and O–H groups in total. The van der Waals surface area contributed by atoms with Gasteiger partial charge in [-0.2, -0.15) is 27.7 Å². The predicted octanol–water partition coefficient (Wildman–Crippen LogP) is 3.77. The lowest BCUT2D eigenvalue weighted by Gasteiger charge is -2.29. The highest BCUT2D eigenvalue weighted by atomic mass is 32.1. The molecule has 3 unspecified atom stereocenters. The van der Waals surface area contributed by atoms with Crippen LogP contribution in [-0.2, 0) is 23.4 Å². The topological polar surface area (TPSA) is 162 Å². The first-order valence-electron chi connectivity index (χ1n) is 13.1. The first-order chi connectivity index (χ1) is 19.3. The van der Waals surface area contributed by atoms with Crippen LogP contribution in [0.15, 0.2) is 36.7 Å². The summed E-state index contributed by atoms with van der Waals surface area (Å²) in [5.74, 6) is 0.00355. The van der Waals surface area contributed by atoms with Gasteiger partial charge in [0.25, 0.3) is 0 Å². The van der Waals surface area contributed by atoms with Crippen LogP contribution in [0, 0.1) is 0 Å². The number of thiol groups is 1. The van der Waals surface area contributed by atoms with Crippen LogP contribution >= 0.6 is 29.6 Å². The summed E-state index contributed by atoms with van der Waals surface area (Å²) in [7, 11) is -1.33. The zero-order chi connectivity index (χ0) is 29.9. The number of nitrogens with one attached hydrogen (secondary N) is 1. The van der Waals surface area contributed by atoms with Crippen LogP contribution in [0.5, 0.6) is 11.6 Å². The number of ether oxygens (including phenoxy) is 3. The summed E-state index contributed by atoms with van der Waals surface area (Å²) in [5, 5.41) is 1.63. The number of hydrogen-bond acceptors (Lipinski definition) is 12. The van der Waals surface area contributed by atoms with Crippen LogP contribution in [0.3, 0.4) is 0 Å². The third-order valence-corrected chi connectivity index (χ3v) is 9.66. The van der Waals surface area contributed by atoms with Gasteiger partial charge in [0.15, 0.2) is 11.2 Å². The van der Waals surface area contributed by atoms with Gasteiger partial charge in [0.05, 0.1) is 31.7 Å². The predicted molar refractivity (Wildman–Crippen MR) is 160 cm³/mol. The number of nitrogens with zero attached hydrogens (tertiary/aromatic N) is 4. The number of carbonyl (C=O) groups excluding carboxylic acids is 1. The summed E-state index contributed by atoms with van der Waals surface area (Å²) in [6.45, 7) is 8.96. The summed E-state index contributed by atoms with van der Waals surface area (Å²) >= 11 is 4.83. The quantitative estimate of drug-likeness (QED) is 0.152. The van der Waals surface area contributed by atoms with Crippen LogP contribution in [-0.4, -0.2) is 67.4 Å². The van der Waals surface area contributed by atoms with Gasteiger partial charge in [-0.3, -0.25) is 13.9 Å². The van der Waals surface area contributed by atoms with Crippen molar-refractivity contribution in [2.75, 3.05) is 18.9 Å². The molecule has 7 atom stereocenters. The second kappa shape index (κ2) is 12.8. The molecule has 0 amide bonds. The normalized spacial score (nSPS) is 24.7. The Morgan fingerprint density at radius 1 is 1.29 bits per heavy atom. The van der Waals surface area contributed by atoms with Gasteiger partial charge in [0, 0.05) is 10.4 Å². The lowest BCUT2D eigenvalue weighted by atomic mass is 10.0. The fraction of sp³-hybridized carbons (Fsp3) is 0.520. The van der Waals surface area contributed by atoms with Gasteiger partial charge in [0.2, 0.25) is 11.8 Å². The van der Waals surface area contributed by atoms with E-state index in [0.29, 0.717) is 23.5 Å². The second-order valence-electron chi connectivity index (χ2n) is 10.0. The van der Waals surface area contributed by atoms with E-state index in [9.17, 15) is 9.36 Å². The Morgan fingerprint density at radius 3 is 2.66 bits per heavy atom. The molecular weight excluding hydrogens is 590 g/mol. The smallest absolute Gasteiger partial charge is 0.459 e. The van der Waals surface area contributed by atoms with Crippen LogP contribution in [0.4, 0.5) is 5.95 Å². The van der Waals surface area contributed by atoms with E-state index in [4.69, 9.17) is 41.6 Å². The third kappa shape index (κ3) is 7.13. The average Bonchev–Trinajstić information content (AvgIpc) is 3.41. The maximum Gasteiger partial charge on any atom is 0.459 e. The van der Waals surface area contributed by atoms with E-state index in [1.54, 1.807) is 55.1 Å². The number of anilines is 1. The van der Waals surface area contributed by atoms with Crippen molar-refractivity contribution in [2.24, 2.45) is 0 Å². The highest BCUT2D eigenvalue weighted by Crippen LogP contribution is 2.51. The molecule has 0 bridgehead atoms. The zero-order valence-corrected chi connectivity index (χ0v) is 26.4. The molecule has 13 nitrogen and oxygen atoms in total. The molecule has 16 heteroatoms. The molecule has 41 heavy (non-hydrogen) atoms.